The summed E-state index contributed by atoms with van der Waals surface area (Å²) in [4.78, 5) is 0. The first kappa shape index (κ1) is 15.4. The van der Waals surface area contributed by atoms with Crippen LogP contribution < -0.4 is 10.5 Å². The van der Waals surface area contributed by atoms with Crippen molar-refractivity contribution >= 4 is 5.69 Å². The highest BCUT2D eigenvalue weighted by Gasteiger charge is 2.17. The van der Waals surface area contributed by atoms with Gasteiger partial charge in [-0.25, -0.2) is 4.39 Å². The van der Waals surface area contributed by atoms with E-state index in [1.165, 1.54) is 5.56 Å². The van der Waals surface area contributed by atoms with E-state index in [9.17, 15) is 4.39 Å². The molecule has 0 aromatic heterocycles. The van der Waals surface area contributed by atoms with Gasteiger partial charge in [-0.3, -0.25) is 0 Å². The average Bonchev–Trinajstić information content (AvgIpc) is 2.49. The van der Waals surface area contributed by atoms with Crippen LogP contribution in [0.5, 0.6) is 5.75 Å². The Morgan fingerprint density at radius 1 is 1.10 bits per heavy atom. The van der Waals surface area contributed by atoms with Crippen molar-refractivity contribution < 1.29 is 9.13 Å². The fraction of sp³-hybridized carbons (Fsp3) is 0.333. The molecule has 0 aliphatic rings. The van der Waals surface area contributed by atoms with Crippen LogP contribution in [0.1, 0.15) is 38.3 Å². The Kier molecular flexibility index (Phi) is 4.51. The fourth-order valence-electron chi connectivity index (χ4n) is 2.08. The summed E-state index contributed by atoms with van der Waals surface area (Å²) in [7, 11) is 0. The smallest absolute Gasteiger partial charge is 0.152 e. The lowest BCUT2D eigenvalue weighted by atomic mass is 9.82. The second-order valence-electron chi connectivity index (χ2n) is 5.87. The van der Waals surface area contributed by atoms with Crippen molar-refractivity contribution in [2.24, 2.45) is 0 Å². The van der Waals surface area contributed by atoms with Crippen molar-refractivity contribution in [3.05, 3.63) is 59.4 Å². The molecule has 112 valence electrons. The Hall–Kier alpha value is -2.03. The van der Waals surface area contributed by atoms with Gasteiger partial charge in [0.05, 0.1) is 5.69 Å². The summed E-state index contributed by atoms with van der Waals surface area (Å²) in [6.45, 7) is 6.77. The molecule has 0 atom stereocenters. The quantitative estimate of drug-likeness (QED) is 0.811. The molecule has 0 saturated heterocycles. The number of hydrogen-bond donors (Lipinski definition) is 1. The van der Waals surface area contributed by atoms with E-state index in [0.29, 0.717) is 5.56 Å². The number of anilines is 1. The normalized spacial score (nSPS) is 11.4. The van der Waals surface area contributed by atoms with Crippen LogP contribution in [0.3, 0.4) is 0 Å². The van der Waals surface area contributed by atoms with Gasteiger partial charge in [0.25, 0.3) is 0 Å². The van der Waals surface area contributed by atoms with E-state index >= 15 is 0 Å². The molecule has 2 aromatic rings. The lowest BCUT2D eigenvalue weighted by Gasteiger charge is -2.23. The summed E-state index contributed by atoms with van der Waals surface area (Å²) < 4.78 is 19.4. The van der Waals surface area contributed by atoms with Crippen LogP contribution in [-0.4, -0.2) is 0 Å². The van der Waals surface area contributed by atoms with Gasteiger partial charge in [0.1, 0.15) is 12.4 Å². The van der Waals surface area contributed by atoms with E-state index in [1.54, 1.807) is 18.2 Å². The van der Waals surface area contributed by atoms with E-state index in [2.05, 4.69) is 32.9 Å². The van der Waals surface area contributed by atoms with Crippen molar-refractivity contribution in [3.8, 4) is 5.75 Å². The third-order valence-corrected chi connectivity index (χ3v) is 4.02. The number of halogens is 1. The first-order valence-corrected chi connectivity index (χ1v) is 7.20. The van der Waals surface area contributed by atoms with E-state index in [0.717, 1.165) is 12.2 Å². The molecule has 2 aromatic carbocycles. The molecule has 0 aliphatic heterocycles. The molecular formula is C18H22FNO. The van der Waals surface area contributed by atoms with Crippen LogP contribution in [0.4, 0.5) is 10.1 Å². The number of rotatable bonds is 5. The molecule has 2 N–H and O–H groups in total. The molecule has 0 unspecified atom stereocenters. The highest BCUT2D eigenvalue weighted by Crippen LogP contribution is 2.28. The molecule has 0 fully saturated rings. The van der Waals surface area contributed by atoms with E-state index in [4.69, 9.17) is 10.5 Å². The molecule has 2 rings (SSSR count). The summed E-state index contributed by atoms with van der Waals surface area (Å²) in [5, 5.41) is 0. The lowest BCUT2D eigenvalue weighted by Crippen LogP contribution is -2.15. The zero-order valence-electron chi connectivity index (χ0n) is 12.8. The minimum Gasteiger partial charge on any atom is -0.489 e. The molecule has 0 aliphatic carbocycles. The average molecular weight is 287 g/mol. The maximum atomic E-state index is 13.8. The summed E-state index contributed by atoms with van der Waals surface area (Å²) in [5.74, 6) is 0.328. The molecule has 0 heterocycles. The highest BCUT2D eigenvalue weighted by molar-refractivity contribution is 5.43. The Morgan fingerprint density at radius 3 is 2.38 bits per heavy atom. The second-order valence-corrected chi connectivity index (χ2v) is 5.87. The summed E-state index contributed by atoms with van der Waals surface area (Å²) in [5.41, 5.74) is 7.58. The zero-order chi connectivity index (χ0) is 15.5. The maximum absolute atomic E-state index is 13.8. The van der Waals surface area contributed by atoms with Crippen molar-refractivity contribution in [2.75, 3.05) is 5.73 Å². The molecule has 0 radical (unpaired) electrons. The van der Waals surface area contributed by atoms with Gasteiger partial charge in [-0.1, -0.05) is 45.0 Å². The van der Waals surface area contributed by atoms with Crippen LogP contribution in [0.25, 0.3) is 0 Å². The Morgan fingerprint density at radius 2 is 1.76 bits per heavy atom. The number of nitrogens with two attached hydrogens (primary N) is 1. The van der Waals surface area contributed by atoms with Crippen LogP contribution in [0.15, 0.2) is 42.5 Å². The number of nitrogen functional groups attached to an aromatic ring is 1. The monoisotopic (exact) mass is 287 g/mol. The van der Waals surface area contributed by atoms with Crippen LogP contribution >= 0.6 is 0 Å². The van der Waals surface area contributed by atoms with Gasteiger partial charge >= 0.3 is 0 Å². The number of benzene rings is 2. The number of ether oxygens (including phenoxy) is 1. The molecule has 21 heavy (non-hydrogen) atoms. The van der Waals surface area contributed by atoms with Crippen LogP contribution in [0.2, 0.25) is 0 Å². The van der Waals surface area contributed by atoms with E-state index in [-0.39, 0.29) is 17.7 Å². The van der Waals surface area contributed by atoms with Gasteiger partial charge in [0, 0.05) is 5.56 Å². The SMILES string of the molecule is CCC(C)(C)c1ccc(OCc2cccc(N)c2F)cc1. The molecule has 0 spiro atoms. The van der Waals surface area contributed by atoms with Crippen molar-refractivity contribution in [3.63, 3.8) is 0 Å². The first-order chi connectivity index (χ1) is 9.94. The molecule has 0 bridgehead atoms. The summed E-state index contributed by atoms with van der Waals surface area (Å²) in [6.07, 6.45) is 1.07. The largest absolute Gasteiger partial charge is 0.489 e. The standard InChI is InChI=1S/C18H22FNO/c1-4-18(2,3)14-8-10-15(11-9-14)21-12-13-6-5-7-16(20)17(13)19/h5-11H,4,12,20H2,1-3H3. The molecule has 0 saturated carbocycles. The van der Waals surface area contributed by atoms with Gasteiger partial charge in [-0.15, -0.1) is 0 Å². The molecule has 0 amide bonds. The third-order valence-electron chi connectivity index (χ3n) is 4.02. The Balaban J connectivity index is 2.06. The topological polar surface area (TPSA) is 35.2 Å². The summed E-state index contributed by atoms with van der Waals surface area (Å²) in [6, 6.07) is 12.9. The van der Waals surface area contributed by atoms with Crippen LogP contribution in [0, 0.1) is 5.82 Å². The Labute approximate surface area is 125 Å². The number of hydrogen-bond acceptors (Lipinski definition) is 2. The lowest BCUT2D eigenvalue weighted by molar-refractivity contribution is 0.300. The first-order valence-electron chi connectivity index (χ1n) is 7.20. The molecule has 2 nitrogen and oxygen atoms in total. The molecule has 3 heteroatoms. The predicted octanol–water partition coefficient (Wildman–Crippen LogP) is 4.67. The van der Waals surface area contributed by atoms with Gasteiger partial charge < -0.3 is 10.5 Å². The van der Waals surface area contributed by atoms with Crippen molar-refractivity contribution in [1.29, 1.82) is 0 Å². The van der Waals surface area contributed by atoms with Crippen LogP contribution in [-0.2, 0) is 12.0 Å². The van der Waals surface area contributed by atoms with Crippen molar-refractivity contribution in [2.45, 2.75) is 39.2 Å². The maximum Gasteiger partial charge on any atom is 0.152 e. The van der Waals surface area contributed by atoms with Gasteiger partial charge in [-0.2, -0.15) is 0 Å². The van der Waals surface area contributed by atoms with E-state index < -0.39 is 5.82 Å². The van der Waals surface area contributed by atoms with Gasteiger partial charge in [-0.05, 0) is 35.6 Å². The minimum atomic E-state index is -0.402. The second kappa shape index (κ2) is 6.17. The molecular weight excluding hydrogens is 265 g/mol. The summed E-state index contributed by atoms with van der Waals surface area (Å²) >= 11 is 0. The Bertz CT molecular complexity index is 605. The third kappa shape index (κ3) is 3.54. The van der Waals surface area contributed by atoms with Gasteiger partial charge in [0.2, 0.25) is 0 Å². The van der Waals surface area contributed by atoms with Crippen molar-refractivity contribution in [1.82, 2.24) is 0 Å². The zero-order valence-corrected chi connectivity index (χ0v) is 12.8. The van der Waals surface area contributed by atoms with E-state index in [1.807, 2.05) is 12.1 Å². The highest BCUT2D eigenvalue weighted by atomic mass is 19.1. The predicted molar refractivity (Wildman–Crippen MR) is 84.9 cm³/mol. The van der Waals surface area contributed by atoms with Gasteiger partial charge in [0.15, 0.2) is 5.82 Å². The fourth-order valence-corrected chi connectivity index (χ4v) is 2.08. The minimum absolute atomic E-state index is 0.149.